The minimum absolute atomic E-state index is 0.0885. The Balaban J connectivity index is 0.000000516. The van der Waals surface area contributed by atoms with E-state index in [1.807, 2.05) is 0 Å². The molecule has 1 aromatic rings. The van der Waals surface area contributed by atoms with Gasteiger partial charge in [0.1, 0.15) is 11.7 Å². The van der Waals surface area contributed by atoms with Crippen LogP contribution in [0.3, 0.4) is 0 Å². The fourth-order valence-electron chi connectivity index (χ4n) is 2.13. The summed E-state index contributed by atoms with van der Waals surface area (Å²) in [7, 11) is 0. The van der Waals surface area contributed by atoms with Crippen LogP contribution >= 0.6 is 0 Å². The highest BCUT2D eigenvalue weighted by Crippen LogP contribution is 2.28. The van der Waals surface area contributed by atoms with Crippen LogP contribution in [0.15, 0.2) is 18.2 Å². The van der Waals surface area contributed by atoms with Gasteiger partial charge in [-0.15, -0.1) is 0 Å². The molecule has 0 radical (unpaired) electrons. The molecule has 1 amide bonds. The monoisotopic (exact) mass is 437 g/mol. The second kappa shape index (κ2) is 9.33. The molecule has 29 heavy (non-hydrogen) atoms. The van der Waals surface area contributed by atoms with Gasteiger partial charge in [-0.25, -0.2) is 18.6 Å². The van der Waals surface area contributed by atoms with Gasteiger partial charge in [-0.3, -0.25) is 4.79 Å². The first kappa shape index (κ1) is 24.5. The fraction of sp³-hybridized carbons (Fsp3) is 0.533. The Kier molecular flexibility index (Phi) is 7.89. The molecule has 14 heteroatoms. The van der Waals surface area contributed by atoms with Crippen LogP contribution in [-0.4, -0.2) is 53.2 Å². The smallest absolute Gasteiger partial charge is 0.475 e. The van der Waals surface area contributed by atoms with Gasteiger partial charge in [0.15, 0.2) is 0 Å². The highest BCUT2D eigenvalue weighted by atomic mass is 19.4. The average molecular weight is 437 g/mol. The van der Waals surface area contributed by atoms with Gasteiger partial charge in [0, 0.05) is 19.5 Å². The van der Waals surface area contributed by atoms with Crippen molar-refractivity contribution in [1.82, 2.24) is 15.6 Å². The summed E-state index contributed by atoms with van der Waals surface area (Å²) in [5.41, 5.74) is -1.25. The molecule has 0 aromatic carbocycles. The number of alkyl halides is 8. The van der Waals surface area contributed by atoms with E-state index in [1.54, 1.807) is 0 Å². The molecule has 0 aliphatic carbocycles. The number of rotatable bonds is 3. The molecule has 1 atom stereocenters. The van der Waals surface area contributed by atoms with Crippen LogP contribution in [0.2, 0.25) is 0 Å². The quantitative estimate of drug-likeness (QED) is 0.632. The van der Waals surface area contributed by atoms with Crippen LogP contribution in [0.4, 0.5) is 35.1 Å². The van der Waals surface area contributed by atoms with Crippen molar-refractivity contribution < 1.29 is 49.8 Å². The van der Waals surface area contributed by atoms with Crippen LogP contribution in [0, 0.1) is 0 Å². The van der Waals surface area contributed by atoms with E-state index in [-0.39, 0.29) is 18.8 Å². The Morgan fingerprint density at radius 1 is 1.21 bits per heavy atom. The Hall–Kier alpha value is -2.51. The molecular formula is C15H15F8N3O3. The number of amides is 1. The topological polar surface area (TPSA) is 91.3 Å². The summed E-state index contributed by atoms with van der Waals surface area (Å²) in [5.74, 6) is -6.59. The first-order valence-corrected chi connectivity index (χ1v) is 7.84. The van der Waals surface area contributed by atoms with Gasteiger partial charge in [0.05, 0.1) is 12.1 Å². The number of carbonyl (C=O) groups excluding carboxylic acids is 1. The van der Waals surface area contributed by atoms with Gasteiger partial charge < -0.3 is 15.7 Å². The van der Waals surface area contributed by atoms with Gasteiger partial charge in [0.25, 0.3) is 5.92 Å². The van der Waals surface area contributed by atoms with Crippen LogP contribution < -0.4 is 10.6 Å². The predicted octanol–water partition coefficient (Wildman–Crippen LogP) is 2.39. The van der Waals surface area contributed by atoms with E-state index in [0.29, 0.717) is 0 Å². The summed E-state index contributed by atoms with van der Waals surface area (Å²) in [6, 6.07) is 1.77. The molecule has 0 spiro atoms. The maximum Gasteiger partial charge on any atom is 0.490 e. The van der Waals surface area contributed by atoms with Crippen LogP contribution in [0.5, 0.6) is 0 Å². The number of carbonyl (C=O) groups is 2. The number of nitrogens with one attached hydrogen (secondary N) is 2. The summed E-state index contributed by atoms with van der Waals surface area (Å²) >= 11 is 0. The lowest BCUT2D eigenvalue weighted by atomic mass is 10.0. The van der Waals surface area contributed by atoms with Crippen molar-refractivity contribution >= 4 is 11.9 Å². The maximum atomic E-state index is 13.6. The normalized spacial score (nSPS) is 19.0. The fourth-order valence-corrected chi connectivity index (χ4v) is 2.13. The third-order valence-corrected chi connectivity index (χ3v) is 3.51. The molecule has 3 N–H and O–H groups in total. The number of carboxylic acids is 1. The van der Waals surface area contributed by atoms with E-state index in [0.717, 1.165) is 12.1 Å². The summed E-state index contributed by atoms with van der Waals surface area (Å²) in [5, 5.41) is 12.0. The number of carboxylic acid groups (broad SMARTS) is 1. The molecule has 164 valence electrons. The zero-order chi connectivity index (χ0) is 22.5. The first-order chi connectivity index (χ1) is 13.1. The van der Waals surface area contributed by atoms with Crippen molar-refractivity contribution in [2.24, 2.45) is 0 Å². The van der Waals surface area contributed by atoms with Crippen LogP contribution in [0.25, 0.3) is 0 Å². The van der Waals surface area contributed by atoms with Gasteiger partial charge in [-0.05, 0) is 12.1 Å². The Morgan fingerprint density at radius 2 is 1.79 bits per heavy atom. The molecule has 1 saturated heterocycles. The number of hydrogen-bond donors (Lipinski definition) is 3. The van der Waals surface area contributed by atoms with Crippen molar-refractivity contribution in [3.05, 3.63) is 29.6 Å². The molecule has 0 bridgehead atoms. The number of aliphatic carboxylic acids is 1. The molecule has 2 rings (SSSR count). The van der Waals surface area contributed by atoms with E-state index in [1.165, 1.54) is 6.07 Å². The predicted molar refractivity (Wildman–Crippen MR) is 81.0 cm³/mol. The minimum Gasteiger partial charge on any atom is -0.475 e. The second-order valence-electron chi connectivity index (χ2n) is 5.83. The molecule has 1 aliphatic rings. The molecule has 1 aromatic heterocycles. The van der Waals surface area contributed by atoms with E-state index in [2.05, 4.69) is 15.6 Å². The average Bonchev–Trinajstić information content (AvgIpc) is 2.56. The van der Waals surface area contributed by atoms with Crippen LogP contribution in [0.1, 0.15) is 17.8 Å². The lowest BCUT2D eigenvalue weighted by Gasteiger charge is -2.32. The second-order valence-corrected chi connectivity index (χ2v) is 5.83. The van der Waals surface area contributed by atoms with Gasteiger partial charge in [-0.1, -0.05) is 6.07 Å². The van der Waals surface area contributed by atoms with E-state index >= 15 is 0 Å². The number of aromatic nitrogens is 1. The summed E-state index contributed by atoms with van der Waals surface area (Å²) in [6.07, 6.45) is -10.6. The van der Waals surface area contributed by atoms with E-state index in [4.69, 9.17) is 9.90 Å². The molecule has 2 heterocycles. The molecule has 1 fully saturated rings. The van der Waals surface area contributed by atoms with Crippen molar-refractivity contribution in [2.75, 3.05) is 13.1 Å². The lowest BCUT2D eigenvalue weighted by molar-refractivity contribution is -0.192. The largest absolute Gasteiger partial charge is 0.490 e. The van der Waals surface area contributed by atoms with Crippen molar-refractivity contribution in [2.45, 2.75) is 37.2 Å². The van der Waals surface area contributed by atoms with Crippen molar-refractivity contribution in [3.63, 3.8) is 0 Å². The Labute approximate surface area is 158 Å². The van der Waals surface area contributed by atoms with Gasteiger partial charge in [-0.2, -0.15) is 26.3 Å². The summed E-state index contributed by atoms with van der Waals surface area (Å²) < 4.78 is 96.4. The lowest BCUT2D eigenvalue weighted by Crippen LogP contribution is -2.57. The third kappa shape index (κ3) is 8.17. The van der Waals surface area contributed by atoms with Crippen molar-refractivity contribution in [3.8, 4) is 0 Å². The third-order valence-electron chi connectivity index (χ3n) is 3.51. The molecule has 0 unspecified atom stereocenters. The molecular weight excluding hydrogens is 422 g/mol. The molecule has 1 aliphatic heterocycles. The molecule has 6 nitrogen and oxygen atoms in total. The zero-order valence-electron chi connectivity index (χ0n) is 14.4. The molecule has 0 saturated carbocycles. The van der Waals surface area contributed by atoms with Crippen LogP contribution in [-0.2, 0) is 22.2 Å². The van der Waals surface area contributed by atoms with Gasteiger partial charge in [0.2, 0.25) is 5.91 Å². The maximum absolute atomic E-state index is 13.6. The first-order valence-electron chi connectivity index (χ1n) is 7.84. The van der Waals surface area contributed by atoms with E-state index in [9.17, 15) is 39.9 Å². The minimum atomic E-state index is -5.08. The zero-order valence-corrected chi connectivity index (χ0v) is 14.4. The number of nitrogens with zero attached hydrogens (tertiary/aromatic N) is 1. The number of halogens is 8. The van der Waals surface area contributed by atoms with E-state index < -0.39 is 54.7 Å². The Morgan fingerprint density at radius 3 is 2.28 bits per heavy atom. The van der Waals surface area contributed by atoms with Gasteiger partial charge >= 0.3 is 18.3 Å². The SMILES string of the molecule is O=C(Cc1cccc(C(F)(F)F)n1)N[C@@H]1CNCCC1(F)F.O=C(O)C(F)(F)F. The summed E-state index contributed by atoms with van der Waals surface area (Å²) in [4.78, 5) is 24.0. The number of pyridine rings is 1. The Bertz CT molecular complexity index is 721. The summed E-state index contributed by atoms with van der Waals surface area (Å²) in [6.45, 7) is 0.0588. The highest BCUT2D eigenvalue weighted by molar-refractivity contribution is 5.78. The number of piperidine rings is 1. The highest BCUT2D eigenvalue weighted by Gasteiger charge is 2.42. The number of hydrogen-bond acceptors (Lipinski definition) is 4. The van der Waals surface area contributed by atoms with Crippen molar-refractivity contribution in [1.29, 1.82) is 0 Å². The standard InChI is InChI=1S/C13H14F5N3O.C2HF3O2/c14-12(15)4-5-19-7-10(12)21-11(22)6-8-2-1-3-9(20-8)13(16,17)18;3-2(4,5)1(6)7/h1-3,10,19H,4-7H2,(H,21,22);(H,6,7)/t10-;/m1./s1.